The second kappa shape index (κ2) is 7.86. The molecule has 136 valence electrons. The Bertz CT molecular complexity index is 792. The predicted octanol–water partition coefficient (Wildman–Crippen LogP) is 2.24. The first-order valence-corrected chi connectivity index (χ1v) is 8.45. The number of carbonyl (C=O) groups excluding carboxylic acids is 3. The number of hydrogen-bond donors (Lipinski definition) is 1. The molecule has 1 aliphatic heterocycles. The summed E-state index contributed by atoms with van der Waals surface area (Å²) in [7, 11) is 0. The molecule has 0 unspecified atom stereocenters. The van der Waals surface area contributed by atoms with Gasteiger partial charge in [-0.05, 0) is 43.2 Å². The maximum Gasteiger partial charge on any atom is 0.308 e. The van der Waals surface area contributed by atoms with E-state index < -0.39 is 5.97 Å². The van der Waals surface area contributed by atoms with E-state index in [1.807, 2.05) is 0 Å². The van der Waals surface area contributed by atoms with Gasteiger partial charge in [0.1, 0.15) is 5.75 Å². The van der Waals surface area contributed by atoms with E-state index in [-0.39, 0.29) is 23.6 Å². The summed E-state index contributed by atoms with van der Waals surface area (Å²) >= 11 is 0. The monoisotopic (exact) mass is 356 g/mol. The van der Waals surface area contributed by atoms with E-state index in [9.17, 15) is 14.4 Å². The van der Waals surface area contributed by atoms with Crippen molar-refractivity contribution in [2.45, 2.75) is 25.8 Å². The molecule has 0 spiro atoms. The maximum atomic E-state index is 12.6. The molecule has 2 heterocycles. The summed E-state index contributed by atoms with van der Waals surface area (Å²) in [5, 5.41) is 2.92. The van der Waals surface area contributed by atoms with Crippen LogP contribution in [0.5, 0.6) is 5.75 Å². The first-order chi connectivity index (χ1) is 12.5. The zero-order valence-electron chi connectivity index (χ0n) is 14.4. The van der Waals surface area contributed by atoms with E-state index in [2.05, 4.69) is 5.32 Å². The molecule has 0 saturated carbocycles. The van der Waals surface area contributed by atoms with Crippen LogP contribution in [0.2, 0.25) is 0 Å². The highest BCUT2D eigenvalue weighted by atomic mass is 16.5. The number of benzene rings is 1. The standard InChI is InChI=1S/C19H20N2O5/c1-13(22)26-16-5-2-4-14(12-16)19(24)21-9-7-15(8-10-21)20-18(23)17-6-3-11-25-17/h2-6,11-12,15H,7-10H2,1H3,(H,20,23). The van der Waals surface area contributed by atoms with Crippen molar-refractivity contribution in [3.05, 3.63) is 54.0 Å². The van der Waals surface area contributed by atoms with Gasteiger partial charge in [-0.2, -0.15) is 0 Å². The number of piperidine rings is 1. The lowest BCUT2D eigenvalue weighted by molar-refractivity contribution is -0.131. The number of likely N-dealkylation sites (tertiary alicyclic amines) is 1. The predicted molar refractivity (Wildman–Crippen MR) is 92.9 cm³/mol. The SMILES string of the molecule is CC(=O)Oc1cccc(C(=O)N2CCC(NC(=O)c3ccco3)CC2)c1. The third kappa shape index (κ3) is 4.30. The Morgan fingerprint density at radius 1 is 1.15 bits per heavy atom. The number of esters is 1. The van der Waals surface area contributed by atoms with Crippen LogP contribution < -0.4 is 10.1 Å². The topological polar surface area (TPSA) is 88.9 Å². The van der Waals surface area contributed by atoms with Crippen LogP contribution >= 0.6 is 0 Å². The summed E-state index contributed by atoms with van der Waals surface area (Å²) in [4.78, 5) is 37.4. The largest absolute Gasteiger partial charge is 0.459 e. The first-order valence-electron chi connectivity index (χ1n) is 8.45. The van der Waals surface area contributed by atoms with Crippen molar-refractivity contribution in [1.82, 2.24) is 10.2 Å². The van der Waals surface area contributed by atoms with Crippen LogP contribution in [-0.4, -0.2) is 41.8 Å². The molecule has 3 rings (SSSR count). The number of ether oxygens (including phenoxy) is 1. The quantitative estimate of drug-likeness (QED) is 0.670. The molecule has 1 saturated heterocycles. The van der Waals surface area contributed by atoms with Crippen LogP contribution in [0.3, 0.4) is 0 Å². The highest BCUT2D eigenvalue weighted by Crippen LogP contribution is 2.18. The minimum atomic E-state index is -0.428. The van der Waals surface area contributed by atoms with Gasteiger partial charge in [0, 0.05) is 31.6 Å². The van der Waals surface area contributed by atoms with Gasteiger partial charge in [0.05, 0.1) is 6.26 Å². The van der Waals surface area contributed by atoms with E-state index >= 15 is 0 Å². The molecule has 1 N–H and O–H groups in total. The Kier molecular flexibility index (Phi) is 5.36. The van der Waals surface area contributed by atoms with Crippen LogP contribution in [0, 0.1) is 0 Å². The van der Waals surface area contributed by atoms with Crippen LogP contribution in [-0.2, 0) is 4.79 Å². The van der Waals surface area contributed by atoms with Crippen LogP contribution in [0.25, 0.3) is 0 Å². The molecule has 1 aliphatic rings. The zero-order valence-corrected chi connectivity index (χ0v) is 14.4. The number of nitrogens with one attached hydrogen (secondary N) is 1. The fraction of sp³-hybridized carbons (Fsp3) is 0.316. The van der Waals surface area contributed by atoms with Gasteiger partial charge in [-0.25, -0.2) is 0 Å². The van der Waals surface area contributed by atoms with Crippen molar-refractivity contribution in [2.75, 3.05) is 13.1 Å². The van der Waals surface area contributed by atoms with Crippen molar-refractivity contribution < 1.29 is 23.5 Å². The van der Waals surface area contributed by atoms with Gasteiger partial charge in [0.15, 0.2) is 5.76 Å². The van der Waals surface area contributed by atoms with Crippen LogP contribution in [0.15, 0.2) is 47.1 Å². The number of furan rings is 1. The third-order valence-corrected chi connectivity index (χ3v) is 4.20. The second-order valence-corrected chi connectivity index (χ2v) is 6.14. The molecule has 26 heavy (non-hydrogen) atoms. The van der Waals surface area contributed by atoms with Gasteiger partial charge in [-0.1, -0.05) is 6.07 Å². The van der Waals surface area contributed by atoms with Crippen molar-refractivity contribution >= 4 is 17.8 Å². The molecule has 1 aromatic heterocycles. The fourth-order valence-electron chi connectivity index (χ4n) is 2.93. The maximum absolute atomic E-state index is 12.6. The molecule has 7 nitrogen and oxygen atoms in total. The Balaban J connectivity index is 1.55. The van der Waals surface area contributed by atoms with Crippen LogP contribution in [0.4, 0.5) is 0 Å². The molecule has 1 aromatic carbocycles. The van der Waals surface area contributed by atoms with E-state index in [0.717, 1.165) is 0 Å². The van der Waals surface area contributed by atoms with Crippen molar-refractivity contribution in [1.29, 1.82) is 0 Å². The van der Waals surface area contributed by atoms with Gasteiger partial charge in [0.25, 0.3) is 11.8 Å². The number of amides is 2. The summed E-state index contributed by atoms with van der Waals surface area (Å²) < 4.78 is 10.1. The highest BCUT2D eigenvalue weighted by molar-refractivity contribution is 5.95. The molecule has 0 bridgehead atoms. The van der Waals surface area contributed by atoms with Crippen molar-refractivity contribution in [3.63, 3.8) is 0 Å². The van der Waals surface area contributed by atoms with Crippen LogP contribution in [0.1, 0.15) is 40.7 Å². The molecular formula is C19H20N2O5. The molecule has 0 atom stereocenters. The average molecular weight is 356 g/mol. The minimum Gasteiger partial charge on any atom is -0.459 e. The number of rotatable bonds is 4. The highest BCUT2D eigenvalue weighted by Gasteiger charge is 2.25. The number of carbonyl (C=O) groups is 3. The molecule has 2 amide bonds. The normalized spacial score (nSPS) is 14.7. The lowest BCUT2D eigenvalue weighted by Crippen LogP contribution is -2.46. The van der Waals surface area contributed by atoms with Gasteiger partial charge in [-0.3, -0.25) is 14.4 Å². The first kappa shape index (κ1) is 17.7. The average Bonchev–Trinajstić information content (AvgIpc) is 3.16. The fourth-order valence-corrected chi connectivity index (χ4v) is 2.93. The number of hydrogen-bond acceptors (Lipinski definition) is 5. The Labute approximate surface area is 150 Å². The summed E-state index contributed by atoms with van der Waals surface area (Å²) in [5.74, 6) is -0.152. The van der Waals surface area contributed by atoms with Crippen molar-refractivity contribution in [2.24, 2.45) is 0 Å². The molecule has 1 fully saturated rings. The zero-order chi connectivity index (χ0) is 18.5. The lowest BCUT2D eigenvalue weighted by atomic mass is 10.0. The Morgan fingerprint density at radius 3 is 2.58 bits per heavy atom. The molecule has 0 radical (unpaired) electrons. The Hall–Kier alpha value is -3.09. The van der Waals surface area contributed by atoms with Gasteiger partial charge in [-0.15, -0.1) is 0 Å². The molecule has 2 aromatic rings. The lowest BCUT2D eigenvalue weighted by Gasteiger charge is -2.32. The van der Waals surface area contributed by atoms with Gasteiger partial charge in [0.2, 0.25) is 0 Å². The molecular weight excluding hydrogens is 336 g/mol. The summed E-state index contributed by atoms with van der Waals surface area (Å²) in [6, 6.07) is 9.86. The van der Waals surface area contributed by atoms with Crippen molar-refractivity contribution in [3.8, 4) is 5.75 Å². The van der Waals surface area contributed by atoms with Gasteiger partial charge < -0.3 is 19.4 Å². The molecule has 7 heteroatoms. The summed E-state index contributed by atoms with van der Waals surface area (Å²) in [5.41, 5.74) is 0.474. The smallest absolute Gasteiger partial charge is 0.308 e. The van der Waals surface area contributed by atoms with E-state index in [1.165, 1.54) is 13.2 Å². The number of nitrogens with zero attached hydrogens (tertiary/aromatic N) is 1. The van der Waals surface area contributed by atoms with E-state index in [4.69, 9.17) is 9.15 Å². The van der Waals surface area contributed by atoms with E-state index in [0.29, 0.717) is 37.2 Å². The minimum absolute atomic E-state index is 0.00373. The van der Waals surface area contributed by atoms with Gasteiger partial charge >= 0.3 is 5.97 Å². The second-order valence-electron chi connectivity index (χ2n) is 6.14. The van der Waals surface area contributed by atoms with E-state index in [1.54, 1.807) is 41.3 Å². The summed E-state index contributed by atoms with van der Waals surface area (Å²) in [6.45, 7) is 2.40. The Morgan fingerprint density at radius 2 is 1.92 bits per heavy atom. The third-order valence-electron chi connectivity index (χ3n) is 4.20. The summed E-state index contributed by atoms with van der Waals surface area (Å²) in [6.07, 6.45) is 2.80. The molecule has 0 aliphatic carbocycles.